The first-order valence-corrected chi connectivity index (χ1v) is 7.98. The van der Waals surface area contributed by atoms with Crippen molar-refractivity contribution >= 4 is 47.1 Å². The summed E-state index contributed by atoms with van der Waals surface area (Å²) in [5.41, 5.74) is 0.751. The number of nitrogens with zero attached hydrogens (tertiary/aromatic N) is 2. The molecule has 0 amide bonds. The van der Waals surface area contributed by atoms with Crippen molar-refractivity contribution in [1.82, 2.24) is 4.57 Å². The third-order valence-corrected chi connectivity index (χ3v) is 4.57. The first kappa shape index (κ1) is 15.0. The number of benzene rings is 1. The third kappa shape index (κ3) is 3.30. The van der Waals surface area contributed by atoms with Crippen LogP contribution in [0.1, 0.15) is 10.6 Å². The minimum atomic E-state index is 0.0871. The summed E-state index contributed by atoms with van der Waals surface area (Å²) in [6.45, 7) is 0.392. The van der Waals surface area contributed by atoms with Crippen molar-refractivity contribution in [3.8, 4) is 5.88 Å². The van der Waals surface area contributed by atoms with E-state index in [0.717, 1.165) is 11.4 Å². The molecule has 0 saturated carbocycles. The number of rotatable bonds is 4. The van der Waals surface area contributed by atoms with Crippen molar-refractivity contribution < 1.29 is 9.52 Å². The molecular formula is C15H11ClN2O2S2. The highest BCUT2D eigenvalue weighted by Crippen LogP contribution is 2.26. The molecule has 112 valence electrons. The Balaban J connectivity index is 1.86. The van der Waals surface area contributed by atoms with Gasteiger partial charge in [0.15, 0.2) is 3.95 Å². The van der Waals surface area contributed by atoms with Gasteiger partial charge in [0.05, 0.1) is 24.7 Å². The van der Waals surface area contributed by atoms with Gasteiger partial charge in [-0.3, -0.25) is 9.56 Å². The zero-order valence-corrected chi connectivity index (χ0v) is 13.7. The van der Waals surface area contributed by atoms with Gasteiger partial charge in [-0.15, -0.1) is 0 Å². The predicted molar refractivity (Wildman–Crippen MR) is 91.3 cm³/mol. The van der Waals surface area contributed by atoms with Gasteiger partial charge < -0.3 is 9.52 Å². The number of hydrogen-bond donors (Lipinski definition) is 1. The van der Waals surface area contributed by atoms with Crippen molar-refractivity contribution in [2.75, 3.05) is 0 Å². The molecule has 0 fully saturated rings. The standard InChI is InChI=1S/C15H11ClN2O2S2/c16-10-3-5-11(6-4-10)17-8-13-14(19)18(15(21)22-13)9-12-2-1-7-20-12/h1-8,19H,9H2. The van der Waals surface area contributed by atoms with Crippen molar-refractivity contribution in [3.05, 3.63) is 62.3 Å². The average molecular weight is 351 g/mol. The molecule has 22 heavy (non-hydrogen) atoms. The quantitative estimate of drug-likeness (QED) is 0.530. The van der Waals surface area contributed by atoms with Gasteiger partial charge in [-0.2, -0.15) is 0 Å². The van der Waals surface area contributed by atoms with Crippen molar-refractivity contribution in [2.24, 2.45) is 4.99 Å². The van der Waals surface area contributed by atoms with Crippen LogP contribution in [0, 0.1) is 3.95 Å². The molecule has 1 N–H and O–H groups in total. The van der Waals surface area contributed by atoms with Crippen molar-refractivity contribution in [2.45, 2.75) is 6.54 Å². The molecule has 0 unspecified atom stereocenters. The van der Waals surface area contributed by atoms with Crippen molar-refractivity contribution in [1.29, 1.82) is 0 Å². The molecule has 0 radical (unpaired) electrons. The maximum absolute atomic E-state index is 10.3. The van der Waals surface area contributed by atoms with Crippen LogP contribution in [0.2, 0.25) is 5.02 Å². The SMILES string of the molecule is Oc1c(C=Nc2ccc(Cl)cc2)sc(=S)n1Cc1ccco1. The Morgan fingerprint density at radius 3 is 2.77 bits per heavy atom. The summed E-state index contributed by atoms with van der Waals surface area (Å²) in [6.07, 6.45) is 3.18. The van der Waals surface area contributed by atoms with Crippen LogP contribution in [0.4, 0.5) is 5.69 Å². The van der Waals surface area contributed by atoms with Crippen LogP contribution in [-0.4, -0.2) is 15.9 Å². The van der Waals surface area contributed by atoms with E-state index < -0.39 is 0 Å². The third-order valence-electron chi connectivity index (χ3n) is 2.95. The number of thiazole rings is 1. The van der Waals surface area contributed by atoms with Crippen LogP contribution in [0.25, 0.3) is 0 Å². The number of aromatic hydroxyl groups is 1. The number of aliphatic imine (C=N–C) groups is 1. The van der Waals surface area contributed by atoms with Gasteiger partial charge in [-0.1, -0.05) is 22.9 Å². The maximum Gasteiger partial charge on any atom is 0.212 e. The summed E-state index contributed by atoms with van der Waals surface area (Å²) in [7, 11) is 0. The van der Waals surface area contributed by atoms with E-state index in [-0.39, 0.29) is 5.88 Å². The summed E-state index contributed by atoms with van der Waals surface area (Å²) >= 11 is 12.4. The zero-order chi connectivity index (χ0) is 15.5. The lowest BCUT2D eigenvalue weighted by Crippen LogP contribution is -1.97. The molecule has 1 aromatic carbocycles. The Hall–Kier alpha value is -1.89. The zero-order valence-electron chi connectivity index (χ0n) is 11.3. The summed E-state index contributed by atoms with van der Waals surface area (Å²) in [6, 6.07) is 10.8. The largest absolute Gasteiger partial charge is 0.493 e. The molecule has 0 aliphatic heterocycles. The van der Waals surface area contributed by atoms with Gasteiger partial charge in [0, 0.05) is 5.02 Å². The van der Waals surface area contributed by atoms with Crippen LogP contribution in [-0.2, 0) is 6.54 Å². The van der Waals surface area contributed by atoms with Gasteiger partial charge >= 0.3 is 0 Å². The lowest BCUT2D eigenvalue weighted by molar-refractivity contribution is 0.407. The maximum atomic E-state index is 10.3. The lowest BCUT2D eigenvalue weighted by Gasteiger charge is -2.01. The van der Waals surface area contributed by atoms with Gasteiger partial charge in [0.1, 0.15) is 10.6 Å². The van der Waals surface area contributed by atoms with Gasteiger partial charge in [-0.05, 0) is 48.6 Å². The van der Waals surface area contributed by atoms with Gasteiger partial charge in [-0.25, -0.2) is 0 Å². The van der Waals surface area contributed by atoms with Crippen LogP contribution in [0.3, 0.4) is 0 Å². The Kier molecular flexibility index (Phi) is 4.42. The van der Waals surface area contributed by atoms with Crippen molar-refractivity contribution in [3.63, 3.8) is 0 Å². The summed E-state index contributed by atoms with van der Waals surface area (Å²) in [5.74, 6) is 0.814. The van der Waals surface area contributed by atoms with E-state index in [1.165, 1.54) is 11.3 Å². The van der Waals surface area contributed by atoms with E-state index >= 15 is 0 Å². The molecule has 4 nitrogen and oxygen atoms in total. The van der Waals surface area contributed by atoms with Crippen LogP contribution in [0.15, 0.2) is 52.1 Å². The highest BCUT2D eigenvalue weighted by Gasteiger charge is 2.11. The first-order valence-electron chi connectivity index (χ1n) is 6.38. The van der Waals surface area contributed by atoms with E-state index in [4.69, 9.17) is 28.2 Å². The Labute approximate surface area is 140 Å². The molecule has 3 aromatic rings. The fourth-order valence-corrected chi connectivity index (χ4v) is 3.16. The molecule has 0 aliphatic carbocycles. The second-order valence-corrected chi connectivity index (χ2v) is 6.57. The second kappa shape index (κ2) is 6.48. The predicted octanol–water partition coefficient (Wildman–Crippen LogP) is 5.03. The van der Waals surface area contributed by atoms with E-state index in [1.54, 1.807) is 47.4 Å². The topological polar surface area (TPSA) is 50.7 Å². The van der Waals surface area contributed by atoms with Crippen LogP contribution in [0.5, 0.6) is 5.88 Å². The minimum Gasteiger partial charge on any atom is -0.493 e. The summed E-state index contributed by atoms with van der Waals surface area (Å²) < 4.78 is 7.45. The molecule has 0 saturated heterocycles. The highest BCUT2D eigenvalue weighted by molar-refractivity contribution is 7.73. The van der Waals surface area contributed by atoms with Gasteiger partial charge in [0.2, 0.25) is 5.88 Å². The van der Waals surface area contributed by atoms with Crippen LogP contribution >= 0.6 is 35.2 Å². The summed E-state index contributed by atoms with van der Waals surface area (Å²) in [4.78, 5) is 4.92. The number of hydrogen-bond acceptors (Lipinski definition) is 5. The smallest absolute Gasteiger partial charge is 0.212 e. The molecule has 3 rings (SSSR count). The number of furan rings is 1. The Bertz CT molecular complexity index is 849. The molecule has 0 atom stereocenters. The Morgan fingerprint density at radius 1 is 1.32 bits per heavy atom. The number of aromatic nitrogens is 1. The normalized spacial score (nSPS) is 11.3. The molecule has 2 heterocycles. The molecule has 0 spiro atoms. The first-order chi connectivity index (χ1) is 10.6. The minimum absolute atomic E-state index is 0.0871. The fourth-order valence-electron chi connectivity index (χ4n) is 1.86. The van der Waals surface area contributed by atoms with E-state index in [9.17, 15) is 5.11 Å². The number of halogens is 1. The fraction of sp³-hybridized carbons (Fsp3) is 0.0667. The van der Waals surface area contributed by atoms with E-state index in [1.807, 2.05) is 6.07 Å². The summed E-state index contributed by atoms with van der Waals surface area (Å²) in [5, 5.41) is 10.9. The lowest BCUT2D eigenvalue weighted by atomic mass is 10.3. The molecule has 0 aliphatic rings. The van der Waals surface area contributed by atoms with E-state index in [2.05, 4.69) is 4.99 Å². The molecule has 2 aromatic heterocycles. The Morgan fingerprint density at radius 2 is 2.09 bits per heavy atom. The average Bonchev–Trinajstić information content (AvgIpc) is 3.11. The second-order valence-electron chi connectivity index (χ2n) is 4.46. The molecular weight excluding hydrogens is 340 g/mol. The monoisotopic (exact) mass is 350 g/mol. The van der Waals surface area contributed by atoms with E-state index in [0.29, 0.717) is 20.4 Å². The highest BCUT2D eigenvalue weighted by atomic mass is 35.5. The van der Waals surface area contributed by atoms with Gasteiger partial charge in [0.25, 0.3) is 0 Å². The van der Waals surface area contributed by atoms with Crippen LogP contribution < -0.4 is 0 Å². The molecule has 7 heteroatoms. The molecule has 0 bridgehead atoms.